The molecule has 0 radical (unpaired) electrons. The lowest BCUT2D eigenvalue weighted by molar-refractivity contribution is 0.182. The second-order valence-electron chi connectivity index (χ2n) is 7.54. The molecule has 2 heterocycles. The van der Waals surface area contributed by atoms with Crippen LogP contribution in [0.5, 0.6) is 0 Å². The third-order valence-corrected chi connectivity index (χ3v) is 5.97. The van der Waals surface area contributed by atoms with Crippen LogP contribution in [0.1, 0.15) is 30.0 Å². The van der Waals surface area contributed by atoms with Gasteiger partial charge in [0.1, 0.15) is 0 Å². The van der Waals surface area contributed by atoms with E-state index in [1.807, 2.05) is 32.0 Å². The highest BCUT2D eigenvalue weighted by molar-refractivity contribution is 6.34. The second-order valence-corrected chi connectivity index (χ2v) is 7.95. The highest BCUT2D eigenvalue weighted by Gasteiger charge is 2.25. The molecule has 29 heavy (non-hydrogen) atoms. The number of carbonyl (C=O) groups is 1. The highest BCUT2D eigenvalue weighted by Crippen LogP contribution is 2.24. The van der Waals surface area contributed by atoms with Gasteiger partial charge < -0.3 is 10.2 Å². The molecule has 0 bridgehead atoms. The number of amides is 2. The molecule has 150 valence electrons. The number of fused-ring (bicyclic) bond motifs is 1. The lowest BCUT2D eigenvalue weighted by Crippen LogP contribution is -2.42. The van der Waals surface area contributed by atoms with Crippen LogP contribution in [0.25, 0.3) is 10.9 Å². The minimum atomic E-state index is -0.109. The summed E-state index contributed by atoms with van der Waals surface area (Å²) in [6, 6.07) is 11.0. The van der Waals surface area contributed by atoms with Crippen molar-refractivity contribution in [2.45, 2.75) is 32.7 Å². The Morgan fingerprint density at radius 3 is 2.62 bits per heavy atom. The Morgan fingerprint density at radius 2 is 1.90 bits per heavy atom. The molecule has 2 amide bonds. The van der Waals surface area contributed by atoms with Crippen LogP contribution in [0, 0.1) is 13.8 Å². The fraction of sp³-hybridized carbons (Fsp3) is 0.318. The molecule has 7 heteroatoms. The Morgan fingerprint density at radius 1 is 1.14 bits per heavy atom. The molecule has 3 aromatic rings. The van der Waals surface area contributed by atoms with Crippen LogP contribution in [-0.4, -0.2) is 33.6 Å². The number of anilines is 1. The zero-order valence-electron chi connectivity index (χ0n) is 16.5. The molecule has 1 aromatic heterocycles. The van der Waals surface area contributed by atoms with E-state index in [0.29, 0.717) is 41.9 Å². The van der Waals surface area contributed by atoms with E-state index in [1.165, 1.54) is 5.56 Å². The third-order valence-electron chi connectivity index (χ3n) is 5.67. The molecule has 1 fully saturated rings. The van der Waals surface area contributed by atoms with Gasteiger partial charge in [-0.05, 0) is 62.1 Å². The quantitative estimate of drug-likeness (QED) is 0.674. The minimum absolute atomic E-state index is 0.0176. The van der Waals surface area contributed by atoms with Gasteiger partial charge in [0.15, 0.2) is 0 Å². The van der Waals surface area contributed by atoms with Gasteiger partial charge in [0, 0.05) is 24.8 Å². The van der Waals surface area contributed by atoms with E-state index in [4.69, 9.17) is 11.6 Å². The number of para-hydroxylation sites is 1. The van der Waals surface area contributed by atoms with Crippen molar-refractivity contribution in [2.75, 3.05) is 18.4 Å². The van der Waals surface area contributed by atoms with E-state index < -0.39 is 0 Å². The first-order chi connectivity index (χ1) is 13.9. The van der Waals surface area contributed by atoms with Crippen molar-refractivity contribution < 1.29 is 4.79 Å². The van der Waals surface area contributed by atoms with E-state index in [1.54, 1.807) is 34.0 Å². The summed E-state index contributed by atoms with van der Waals surface area (Å²) in [6.45, 7) is 5.24. The minimum Gasteiger partial charge on any atom is -0.324 e. The number of likely N-dealkylation sites (tertiary alicyclic amines) is 1. The number of rotatable bonds is 2. The summed E-state index contributed by atoms with van der Waals surface area (Å²) in [7, 11) is 0. The largest absolute Gasteiger partial charge is 0.324 e. The van der Waals surface area contributed by atoms with Crippen LogP contribution < -0.4 is 10.9 Å². The number of aromatic nitrogens is 2. The molecule has 2 aromatic carbocycles. The van der Waals surface area contributed by atoms with Gasteiger partial charge in [0.2, 0.25) is 0 Å². The number of aryl methyl sites for hydroxylation is 2. The van der Waals surface area contributed by atoms with Crippen molar-refractivity contribution in [3.05, 3.63) is 69.2 Å². The van der Waals surface area contributed by atoms with Gasteiger partial charge in [-0.25, -0.2) is 9.78 Å². The normalized spacial score (nSPS) is 14.9. The van der Waals surface area contributed by atoms with Gasteiger partial charge in [-0.15, -0.1) is 0 Å². The fourth-order valence-corrected chi connectivity index (χ4v) is 3.98. The van der Waals surface area contributed by atoms with Crippen molar-refractivity contribution in [1.82, 2.24) is 14.5 Å². The maximum absolute atomic E-state index is 12.9. The summed E-state index contributed by atoms with van der Waals surface area (Å²) in [5.41, 5.74) is 3.58. The standard InChI is InChI=1S/C22H23ClN4O2/c1-14-6-7-16(12-15(14)2)25-22(29)26-10-8-17(9-11-26)27-13-24-20-18(21(27)28)4-3-5-19(20)23/h3-7,12-13,17H,8-11H2,1-2H3,(H,25,29). The highest BCUT2D eigenvalue weighted by atomic mass is 35.5. The lowest BCUT2D eigenvalue weighted by Gasteiger charge is -2.32. The van der Waals surface area contributed by atoms with Crippen LogP contribution in [0.15, 0.2) is 47.5 Å². The van der Waals surface area contributed by atoms with Crippen LogP contribution in [0.3, 0.4) is 0 Å². The summed E-state index contributed by atoms with van der Waals surface area (Å²) < 4.78 is 1.68. The number of hydrogen-bond donors (Lipinski definition) is 1. The number of nitrogens with zero attached hydrogens (tertiary/aromatic N) is 3. The Balaban J connectivity index is 1.45. The summed E-state index contributed by atoms with van der Waals surface area (Å²) in [5, 5.41) is 3.97. The van der Waals surface area contributed by atoms with Gasteiger partial charge in [-0.2, -0.15) is 0 Å². The number of benzene rings is 2. The van der Waals surface area contributed by atoms with Gasteiger partial charge >= 0.3 is 6.03 Å². The smallest absolute Gasteiger partial charge is 0.321 e. The first-order valence-electron chi connectivity index (χ1n) is 9.72. The maximum atomic E-state index is 12.9. The van der Waals surface area contributed by atoms with Crippen LogP contribution in [0.2, 0.25) is 5.02 Å². The van der Waals surface area contributed by atoms with Crippen molar-refractivity contribution in [2.24, 2.45) is 0 Å². The summed E-state index contributed by atoms with van der Waals surface area (Å²) in [6.07, 6.45) is 2.98. The van der Waals surface area contributed by atoms with Gasteiger partial charge in [-0.3, -0.25) is 9.36 Å². The molecule has 4 rings (SSSR count). The maximum Gasteiger partial charge on any atom is 0.321 e. The Labute approximate surface area is 174 Å². The molecule has 1 N–H and O–H groups in total. The zero-order chi connectivity index (χ0) is 20.5. The van der Waals surface area contributed by atoms with E-state index in [0.717, 1.165) is 11.3 Å². The SMILES string of the molecule is Cc1ccc(NC(=O)N2CCC(n3cnc4c(Cl)cccc4c3=O)CC2)cc1C. The van der Waals surface area contributed by atoms with E-state index in [9.17, 15) is 9.59 Å². The molecular weight excluding hydrogens is 388 g/mol. The zero-order valence-corrected chi connectivity index (χ0v) is 17.2. The van der Waals surface area contributed by atoms with Gasteiger partial charge in [0.05, 0.1) is 22.3 Å². The average Bonchev–Trinajstić information content (AvgIpc) is 2.72. The molecule has 1 aliphatic rings. The number of piperidine rings is 1. The van der Waals surface area contributed by atoms with E-state index >= 15 is 0 Å². The van der Waals surface area contributed by atoms with Crippen molar-refractivity contribution in [1.29, 1.82) is 0 Å². The summed E-state index contributed by atoms with van der Waals surface area (Å²) in [4.78, 5) is 31.6. The number of halogens is 1. The fourth-order valence-electron chi connectivity index (χ4n) is 3.76. The molecule has 1 aliphatic heterocycles. The molecule has 0 unspecified atom stereocenters. The molecule has 1 saturated heterocycles. The summed E-state index contributed by atoms with van der Waals surface area (Å²) in [5.74, 6) is 0. The topological polar surface area (TPSA) is 67.2 Å². The van der Waals surface area contributed by atoms with Crippen molar-refractivity contribution in [3.63, 3.8) is 0 Å². The van der Waals surface area contributed by atoms with Gasteiger partial charge in [-0.1, -0.05) is 23.7 Å². The Kier molecular flexibility index (Phi) is 5.28. The monoisotopic (exact) mass is 410 g/mol. The third kappa shape index (κ3) is 3.85. The first-order valence-corrected chi connectivity index (χ1v) is 10.1. The molecule has 0 atom stereocenters. The summed E-state index contributed by atoms with van der Waals surface area (Å²) >= 11 is 6.14. The van der Waals surface area contributed by atoms with Crippen LogP contribution >= 0.6 is 11.6 Å². The van der Waals surface area contributed by atoms with E-state index in [-0.39, 0.29) is 17.6 Å². The predicted molar refractivity (Wildman–Crippen MR) is 116 cm³/mol. The molecular formula is C22H23ClN4O2. The number of nitrogens with one attached hydrogen (secondary N) is 1. The lowest BCUT2D eigenvalue weighted by atomic mass is 10.0. The second kappa shape index (κ2) is 7.87. The van der Waals surface area contributed by atoms with Crippen LogP contribution in [-0.2, 0) is 0 Å². The predicted octanol–water partition coefficient (Wildman–Crippen LogP) is 4.54. The average molecular weight is 411 g/mol. The molecule has 0 aliphatic carbocycles. The number of hydrogen-bond acceptors (Lipinski definition) is 3. The van der Waals surface area contributed by atoms with Crippen molar-refractivity contribution in [3.8, 4) is 0 Å². The van der Waals surface area contributed by atoms with Crippen molar-refractivity contribution >= 4 is 34.2 Å². The Hall–Kier alpha value is -2.86. The van der Waals surface area contributed by atoms with E-state index in [2.05, 4.69) is 10.3 Å². The molecule has 0 saturated carbocycles. The molecule has 0 spiro atoms. The molecule has 6 nitrogen and oxygen atoms in total. The van der Waals surface area contributed by atoms with Crippen LogP contribution in [0.4, 0.5) is 10.5 Å². The Bertz CT molecular complexity index is 1130. The number of urea groups is 1. The first kappa shape index (κ1) is 19.5. The van der Waals surface area contributed by atoms with Gasteiger partial charge in [0.25, 0.3) is 5.56 Å². The number of carbonyl (C=O) groups excluding carboxylic acids is 1.